The van der Waals surface area contributed by atoms with Crippen LogP contribution in [-0.2, 0) is 4.79 Å². The zero-order valence-electron chi connectivity index (χ0n) is 10.6. The zero-order chi connectivity index (χ0) is 14.0. The van der Waals surface area contributed by atoms with E-state index < -0.39 is 5.97 Å². The van der Waals surface area contributed by atoms with Crippen LogP contribution in [-0.4, -0.2) is 26.4 Å². The van der Waals surface area contributed by atoms with E-state index in [1.807, 2.05) is 36.6 Å². The van der Waals surface area contributed by atoms with E-state index in [0.29, 0.717) is 5.16 Å². The molecule has 0 fully saturated rings. The van der Waals surface area contributed by atoms with Crippen molar-refractivity contribution in [3.05, 3.63) is 40.1 Å². The van der Waals surface area contributed by atoms with Crippen molar-refractivity contribution in [2.45, 2.75) is 19.0 Å². The first kappa shape index (κ1) is 14.1. The van der Waals surface area contributed by atoms with Gasteiger partial charge in [-0.3, -0.25) is 9.36 Å². The molecule has 0 atom stereocenters. The maximum absolute atomic E-state index is 10.7. The van der Waals surface area contributed by atoms with Gasteiger partial charge in [-0.1, -0.05) is 27.7 Å². The first-order valence-corrected chi connectivity index (χ1v) is 7.42. The van der Waals surface area contributed by atoms with Crippen LogP contribution in [0.1, 0.15) is 11.3 Å². The van der Waals surface area contributed by atoms with E-state index in [1.165, 1.54) is 11.8 Å². The lowest BCUT2D eigenvalue weighted by atomic mass is 10.2. The molecule has 1 heterocycles. The standard InChI is InChI=1S/C13H13BrN2O2S/c1-8-5-10(3-4-11(8)14)16-9(2)6-15-13(16)19-7-12(17)18/h3-6H,7H2,1-2H3,(H,17,18). The molecule has 1 N–H and O–H groups in total. The van der Waals surface area contributed by atoms with E-state index in [1.54, 1.807) is 6.20 Å². The van der Waals surface area contributed by atoms with Crippen LogP contribution in [0.15, 0.2) is 34.0 Å². The molecule has 6 heteroatoms. The number of benzene rings is 1. The fourth-order valence-electron chi connectivity index (χ4n) is 1.73. The van der Waals surface area contributed by atoms with Crippen molar-refractivity contribution in [1.29, 1.82) is 0 Å². The van der Waals surface area contributed by atoms with E-state index >= 15 is 0 Å². The summed E-state index contributed by atoms with van der Waals surface area (Å²) in [6.45, 7) is 3.97. The first-order chi connectivity index (χ1) is 8.99. The van der Waals surface area contributed by atoms with Gasteiger partial charge in [-0.15, -0.1) is 0 Å². The summed E-state index contributed by atoms with van der Waals surface area (Å²) in [5, 5.41) is 9.46. The fraction of sp³-hybridized carbons (Fsp3) is 0.231. The van der Waals surface area contributed by atoms with E-state index in [4.69, 9.17) is 5.11 Å². The molecule has 0 aliphatic heterocycles. The highest BCUT2D eigenvalue weighted by molar-refractivity contribution is 9.10. The predicted octanol–water partition coefficient (Wildman–Crippen LogP) is 3.43. The highest BCUT2D eigenvalue weighted by Gasteiger charge is 2.12. The second-order valence-electron chi connectivity index (χ2n) is 4.13. The fourth-order valence-corrected chi connectivity index (χ4v) is 2.73. The maximum atomic E-state index is 10.7. The lowest BCUT2D eigenvalue weighted by Crippen LogP contribution is -2.03. The number of imidazole rings is 1. The topological polar surface area (TPSA) is 55.1 Å². The molecular formula is C13H13BrN2O2S. The van der Waals surface area contributed by atoms with Gasteiger partial charge in [-0.2, -0.15) is 0 Å². The Balaban J connectivity index is 2.40. The summed E-state index contributed by atoms with van der Waals surface area (Å²) in [6, 6.07) is 6.01. The van der Waals surface area contributed by atoms with E-state index in [9.17, 15) is 4.79 Å². The highest BCUT2D eigenvalue weighted by Crippen LogP contribution is 2.26. The Bertz CT molecular complexity index is 625. The molecule has 1 aromatic heterocycles. The van der Waals surface area contributed by atoms with Gasteiger partial charge < -0.3 is 5.11 Å². The van der Waals surface area contributed by atoms with Crippen LogP contribution in [0.25, 0.3) is 5.69 Å². The van der Waals surface area contributed by atoms with Crippen molar-refractivity contribution in [2.75, 3.05) is 5.75 Å². The van der Waals surface area contributed by atoms with Gasteiger partial charge in [0.05, 0.1) is 5.75 Å². The lowest BCUT2D eigenvalue weighted by molar-refractivity contribution is -0.133. The number of carbonyl (C=O) groups is 1. The Morgan fingerprint density at radius 1 is 1.47 bits per heavy atom. The van der Waals surface area contributed by atoms with Crippen LogP contribution < -0.4 is 0 Å². The second kappa shape index (κ2) is 5.79. The van der Waals surface area contributed by atoms with Crippen molar-refractivity contribution < 1.29 is 9.90 Å². The summed E-state index contributed by atoms with van der Waals surface area (Å²) in [5.41, 5.74) is 3.10. The Labute approximate surface area is 124 Å². The molecular weight excluding hydrogens is 328 g/mol. The number of aromatic nitrogens is 2. The maximum Gasteiger partial charge on any atom is 0.313 e. The monoisotopic (exact) mass is 340 g/mol. The number of thioether (sulfide) groups is 1. The van der Waals surface area contributed by atoms with Gasteiger partial charge in [0.1, 0.15) is 0 Å². The number of carboxylic acids is 1. The number of rotatable bonds is 4. The lowest BCUT2D eigenvalue weighted by Gasteiger charge is -2.10. The van der Waals surface area contributed by atoms with Crippen molar-refractivity contribution in [3.63, 3.8) is 0 Å². The number of halogens is 1. The third-order valence-electron chi connectivity index (χ3n) is 2.63. The SMILES string of the molecule is Cc1cc(-n2c(C)cnc2SCC(=O)O)ccc1Br. The minimum atomic E-state index is -0.843. The van der Waals surface area contributed by atoms with Gasteiger partial charge in [-0.25, -0.2) is 4.98 Å². The molecule has 2 aromatic rings. The molecule has 0 amide bonds. The van der Waals surface area contributed by atoms with Crippen LogP contribution >= 0.6 is 27.7 Å². The molecule has 0 spiro atoms. The van der Waals surface area contributed by atoms with Crippen molar-refractivity contribution in [3.8, 4) is 5.69 Å². The zero-order valence-corrected chi connectivity index (χ0v) is 13.0. The molecule has 0 aliphatic carbocycles. The summed E-state index contributed by atoms with van der Waals surface area (Å²) in [4.78, 5) is 14.9. The largest absolute Gasteiger partial charge is 0.481 e. The van der Waals surface area contributed by atoms with Gasteiger partial charge in [0.25, 0.3) is 0 Å². The van der Waals surface area contributed by atoms with Crippen LogP contribution in [0.4, 0.5) is 0 Å². The van der Waals surface area contributed by atoms with Gasteiger partial charge >= 0.3 is 5.97 Å². The number of aliphatic carboxylic acids is 1. The van der Waals surface area contributed by atoms with E-state index in [0.717, 1.165) is 21.4 Å². The van der Waals surface area contributed by atoms with Gasteiger partial charge in [0.15, 0.2) is 5.16 Å². The average molecular weight is 341 g/mol. The summed E-state index contributed by atoms with van der Waals surface area (Å²) >= 11 is 4.69. The Morgan fingerprint density at radius 2 is 2.21 bits per heavy atom. The molecule has 4 nitrogen and oxygen atoms in total. The quantitative estimate of drug-likeness (QED) is 0.866. The number of carboxylic acid groups (broad SMARTS) is 1. The van der Waals surface area contributed by atoms with E-state index in [-0.39, 0.29) is 5.75 Å². The Kier molecular flexibility index (Phi) is 4.31. The number of hydrogen-bond donors (Lipinski definition) is 1. The van der Waals surface area contributed by atoms with Crippen LogP contribution in [0.2, 0.25) is 0 Å². The molecule has 0 saturated carbocycles. The predicted molar refractivity (Wildman–Crippen MR) is 79.1 cm³/mol. The van der Waals surface area contributed by atoms with Gasteiger partial charge in [-0.05, 0) is 37.6 Å². The smallest absolute Gasteiger partial charge is 0.313 e. The average Bonchev–Trinajstić information content (AvgIpc) is 2.71. The summed E-state index contributed by atoms with van der Waals surface area (Å²) in [6.07, 6.45) is 1.75. The Hall–Kier alpha value is -1.27. The minimum Gasteiger partial charge on any atom is -0.481 e. The molecule has 0 aliphatic rings. The molecule has 0 saturated heterocycles. The number of aryl methyl sites for hydroxylation is 2. The van der Waals surface area contributed by atoms with Crippen LogP contribution in [0.3, 0.4) is 0 Å². The number of nitrogens with zero attached hydrogens (tertiary/aromatic N) is 2. The van der Waals surface area contributed by atoms with Crippen LogP contribution in [0, 0.1) is 13.8 Å². The van der Waals surface area contributed by atoms with Crippen LogP contribution in [0.5, 0.6) is 0 Å². The third-order valence-corrected chi connectivity index (χ3v) is 4.46. The third kappa shape index (κ3) is 3.19. The van der Waals surface area contributed by atoms with Crippen molar-refractivity contribution in [2.24, 2.45) is 0 Å². The minimum absolute atomic E-state index is 0.00592. The molecule has 1 aromatic carbocycles. The molecule has 2 rings (SSSR count). The highest BCUT2D eigenvalue weighted by atomic mass is 79.9. The number of hydrogen-bond acceptors (Lipinski definition) is 3. The second-order valence-corrected chi connectivity index (χ2v) is 5.93. The van der Waals surface area contributed by atoms with Gasteiger partial charge in [0, 0.05) is 22.1 Å². The molecule has 0 unspecified atom stereocenters. The molecule has 100 valence electrons. The normalized spacial score (nSPS) is 10.7. The molecule has 0 radical (unpaired) electrons. The Morgan fingerprint density at radius 3 is 2.84 bits per heavy atom. The van der Waals surface area contributed by atoms with Crippen molar-refractivity contribution >= 4 is 33.7 Å². The summed E-state index contributed by atoms with van der Waals surface area (Å²) in [5.74, 6) is -0.837. The van der Waals surface area contributed by atoms with Gasteiger partial charge in [0.2, 0.25) is 0 Å². The summed E-state index contributed by atoms with van der Waals surface area (Å²) in [7, 11) is 0. The van der Waals surface area contributed by atoms with Crippen molar-refractivity contribution in [1.82, 2.24) is 9.55 Å². The first-order valence-electron chi connectivity index (χ1n) is 5.64. The molecule has 0 bridgehead atoms. The van der Waals surface area contributed by atoms with E-state index in [2.05, 4.69) is 20.9 Å². The summed E-state index contributed by atoms with van der Waals surface area (Å²) < 4.78 is 3.02. The molecule has 19 heavy (non-hydrogen) atoms.